The third-order valence-electron chi connectivity index (χ3n) is 4.03. The summed E-state index contributed by atoms with van der Waals surface area (Å²) >= 11 is 0. The maximum absolute atomic E-state index is 6.28. The molecule has 0 saturated carbocycles. The summed E-state index contributed by atoms with van der Waals surface area (Å²) in [5, 5.41) is 0. The summed E-state index contributed by atoms with van der Waals surface area (Å²) < 4.78 is 0. The zero-order valence-electron chi connectivity index (χ0n) is 15.4. The van der Waals surface area contributed by atoms with E-state index in [1.54, 1.807) is 0 Å². The molecule has 0 aliphatic rings. The van der Waals surface area contributed by atoms with Crippen LogP contribution in [-0.4, -0.2) is 0 Å². The molecule has 0 aliphatic carbocycles. The highest BCUT2D eigenvalue weighted by molar-refractivity contribution is 5.37. The van der Waals surface area contributed by atoms with Gasteiger partial charge in [0.15, 0.2) is 0 Å². The van der Waals surface area contributed by atoms with Crippen LogP contribution in [0.25, 0.3) is 0 Å². The molecule has 0 aromatic carbocycles. The Bertz CT molecular complexity index is 410. The van der Waals surface area contributed by atoms with Crippen LogP contribution in [-0.2, 0) is 0 Å². The van der Waals surface area contributed by atoms with Gasteiger partial charge in [0.1, 0.15) is 0 Å². The molecular weight excluding hydrogens is 266 g/mol. The summed E-state index contributed by atoms with van der Waals surface area (Å²) in [6.07, 6.45) is 12.7. The molecule has 126 valence electrons. The lowest BCUT2D eigenvalue weighted by atomic mass is 9.97. The quantitative estimate of drug-likeness (QED) is 0.239. The molecule has 0 aromatic heterocycles. The van der Waals surface area contributed by atoms with Gasteiger partial charge in [-0.1, -0.05) is 63.5 Å². The lowest BCUT2D eigenvalue weighted by molar-refractivity contribution is 0.684. The minimum atomic E-state index is 0.911. The van der Waals surface area contributed by atoms with Gasteiger partial charge < -0.3 is 5.73 Å². The van der Waals surface area contributed by atoms with Gasteiger partial charge in [0.2, 0.25) is 0 Å². The van der Waals surface area contributed by atoms with E-state index in [1.807, 2.05) is 6.92 Å². The number of unbranched alkanes of at least 4 members (excludes halogenated alkanes) is 1. The molecule has 0 saturated heterocycles. The lowest BCUT2D eigenvalue weighted by Crippen LogP contribution is -2.02. The normalized spacial score (nSPS) is 13.0. The first kappa shape index (κ1) is 20.8. The van der Waals surface area contributed by atoms with Crippen LogP contribution < -0.4 is 5.73 Å². The zero-order valence-corrected chi connectivity index (χ0v) is 15.4. The Morgan fingerprint density at radius 1 is 0.909 bits per heavy atom. The van der Waals surface area contributed by atoms with Crippen molar-refractivity contribution in [3.8, 4) is 0 Å². The topological polar surface area (TPSA) is 26.0 Å². The van der Waals surface area contributed by atoms with Gasteiger partial charge in [0, 0.05) is 5.70 Å². The third kappa shape index (κ3) is 8.92. The van der Waals surface area contributed by atoms with Crippen LogP contribution in [0.3, 0.4) is 0 Å². The average Bonchev–Trinajstić information content (AvgIpc) is 2.44. The Hall–Kier alpha value is -1.24. The molecule has 0 fully saturated rings. The van der Waals surface area contributed by atoms with Crippen molar-refractivity contribution in [3.63, 3.8) is 0 Å². The summed E-state index contributed by atoms with van der Waals surface area (Å²) in [5.74, 6) is 0. The Morgan fingerprint density at radius 3 is 2.00 bits per heavy atom. The molecule has 1 heteroatoms. The van der Waals surface area contributed by atoms with Gasteiger partial charge in [-0.25, -0.2) is 0 Å². The van der Waals surface area contributed by atoms with E-state index in [4.69, 9.17) is 5.73 Å². The average molecular weight is 304 g/mol. The predicted molar refractivity (Wildman–Crippen MR) is 102 cm³/mol. The summed E-state index contributed by atoms with van der Waals surface area (Å²) in [7, 11) is 0. The van der Waals surface area contributed by atoms with Crippen LogP contribution in [0.4, 0.5) is 0 Å². The van der Waals surface area contributed by atoms with Gasteiger partial charge in [-0.3, -0.25) is 0 Å². The van der Waals surface area contributed by atoms with Gasteiger partial charge >= 0.3 is 0 Å². The molecule has 0 atom stereocenters. The van der Waals surface area contributed by atoms with Crippen LogP contribution in [0.5, 0.6) is 0 Å². The highest BCUT2D eigenvalue weighted by atomic mass is 14.6. The van der Waals surface area contributed by atoms with Crippen molar-refractivity contribution in [1.82, 2.24) is 0 Å². The standard InChI is InChI=1S/C21H37N/c1-7-12-18(6)14-10-11-15-19(13-8-2)16-21(22)20(9-3)17(4)5/h16H,4,6-15,22H2,1-3,5H3/b19-16+,21-20-. The molecule has 0 radical (unpaired) electrons. The molecule has 0 spiro atoms. The Kier molecular flexibility index (Phi) is 11.6. The van der Waals surface area contributed by atoms with Crippen LogP contribution in [0.15, 0.2) is 47.2 Å². The number of hydrogen-bond acceptors (Lipinski definition) is 1. The van der Waals surface area contributed by atoms with E-state index in [0.29, 0.717) is 0 Å². The van der Waals surface area contributed by atoms with E-state index in [9.17, 15) is 0 Å². The molecule has 0 heterocycles. The van der Waals surface area contributed by atoms with Gasteiger partial charge in [0.25, 0.3) is 0 Å². The first-order chi connectivity index (χ1) is 10.5. The summed E-state index contributed by atoms with van der Waals surface area (Å²) in [5.41, 5.74) is 12.4. The Balaban J connectivity index is 4.62. The van der Waals surface area contributed by atoms with Crippen molar-refractivity contribution >= 4 is 0 Å². The van der Waals surface area contributed by atoms with Gasteiger partial charge in [0.05, 0.1) is 0 Å². The van der Waals surface area contributed by atoms with E-state index in [2.05, 4.69) is 40.0 Å². The van der Waals surface area contributed by atoms with E-state index in [0.717, 1.165) is 30.5 Å². The minimum Gasteiger partial charge on any atom is -0.398 e. The second-order valence-corrected chi connectivity index (χ2v) is 6.33. The van der Waals surface area contributed by atoms with Crippen LogP contribution in [0.2, 0.25) is 0 Å². The molecular formula is C21H37N. The molecule has 0 unspecified atom stereocenters. The van der Waals surface area contributed by atoms with E-state index < -0.39 is 0 Å². The highest BCUT2D eigenvalue weighted by Gasteiger charge is 2.03. The molecule has 1 nitrogen and oxygen atoms in total. The summed E-state index contributed by atoms with van der Waals surface area (Å²) in [6, 6.07) is 0. The van der Waals surface area contributed by atoms with Gasteiger partial charge in [-0.15, -0.1) is 0 Å². The van der Waals surface area contributed by atoms with Gasteiger partial charge in [-0.2, -0.15) is 0 Å². The van der Waals surface area contributed by atoms with Crippen molar-refractivity contribution in [2.75, 3.05) is 0 Å². The van der Waals surface area contributed by atoms with E-state index in [-0.39, 0.29) is 0 Å². The second-order valence-electron chi connectivity index (χ2n) is 6.33. The fourth-order valence-electron chi connectivity index (χ4n) is 2.86. The zero-order chi connectivity index (χ0) is 17.0. The first-order valence-corrected chi connectivity index (χ1v) is 8.96. The van der Waals surface area contributed by atoms with Crippen LogP contribution >= 0.6 is 0 Å². The fourth-order valence-corrected chi connectivity index (χ4v) is 2.86. The fraction of sp³-hybridized carbons (Fsp3) is 0.619. The van der Waals surface area contributed by atoms with E-state index in [1.165, 1.54) is 55.2 Å². The van der Waals surface area contributed by atoms with Crippen molar-refractivity contribution in [3.05, 3.63) is 47.2 Å². The van der Waals surface area contributed by atoms with E-state index >= 15 is 0 Å². The second kappa shape index (κ2) is 12.3. The highest BCUT2D eigenvalue weighted by Crippen LogP contribution is 2.21. The molecule has 0 aromatic rings. The number of hydrogen-bond donors (Lipinski definition) is 1. The lowest BCUT2D eigenvalue weighted by Gasteiger charge is -2.11. The SMILES string of the molecule is C=C(CCC)CCCC/C(=C/C(N)=C(\CC)C(=C)C)CCC. The number of rotatable bonds is 12. The predicted octanol–water partition coefficient (Wildman–Crippen LogP) is 6.83. The summed E-state index contributed by atoms with van der Waals surface area (Å²) in [4.78, 5) is 0. The number of nitrogens with two attached hydrogens (primary N) is 1. The minimum absolute atomic E-state index is 0.911. The largest absolute Gasteiger partial charge is 0.398 e. The Morgan fingerprint density at radius 2 is 1.50 bits per heavy atom. The van der Waals surface area contributed by atoms with Gasteiger partial charge in [-0.05, 0) is 63.5 Å². The maximum Gasteiger partial charge on any atom is 0.0348 e. The summed E-state index contributed by atoms with van der Waals surface area (Å²) in [6.45, 7) is 16.8. The van der Waals surface area contributed by atoms with Crippen molar-refractivity contribution in [1.29, 1.82) is 0 Å². The molecule has 0 amide bonds. The van der Waals surface area contributed by atoms with Crippen molar-refractivity contribution < 1.29 is 0 Å². The monoisotopic (exact) mass is 303 g/mol. The Labute approximate surface area is 139 Å². The maximum atomic E-state index is 6.28. The molecule has 0 aliphatic heterocycles. The van der Waals surface area contributed by atoms with Crippen molar-refractivity contribution in [2.24, 2.45) is 5.73 Å². The smallest absolute Gasteiger partial charge is 0.0348 e. The van der Waals surface area contributed by atoms with Crippen molar-refractivity contribution in [2.45, 2.75) is 85.5 Å². The third-order valence-corrected chi connectivity index (χ3v) is 4.03. The molecule has 0 bridgehead atoms. The van der Waals surface area contributed by atoms with Crippen LogP contribution in [0.1, 0.15) is 85.5 Å². The molecule has 0 rings (SSSR count). The molecule has 2 N–H and O–H groups in total. The first-order valence-electron chi connectivity index (χ1n) is 8.96. The van der Waals surface area contributed by atoms with Crippen LogP contribution in [0, 0.1) is 0 Å². The number of allylic oxidation sites excluding steroid dienone is 5. The molecule has 22 heavy (non-hydrogen) atoms.